The number of amides is 1. The third kappa shape index (κ3) is 2.69. The average Bonchev–Trinajstić information content (AvgIpc) is 2.88. The molecule has 0 aromatic carbocycles. The lowest BCUT2D eigenvalue weighted by Gasteiger charge is -2.14. The van der Waals surface area contributed by atoms with Gasteiger partial charge >= 0.3 is 0 Å². The summed E-state index contributed by atoms with van der Waals surface area (Å²) in [4.78, 5) is 31.4. The average molecular weight is 273 g/mol. The molecule has 1 N–H and O–H groups in total. The number of aromatic nitrogens is 2. The van der Waals surface area contributed by atoms with Gasteiger partial charge in [0, 0.05) is 31.5 Å². The van der Waals surface area contributed by atoms with Crippen LogP contribution in [0.2, 0.25) is 0 Å². The van der Waals surface area contributed by atoms with E-state index in [1.807, 2.05) is 19.1 Å². The number of carbonyl (C=O) groups excluding carboxylic acids is 2. The molecule has 6 nitrogen and oxygen atoms in total. The molecule has 1 amide bonds. The van der Waals surface area contributed by atoms with Crippen LogP contribution in [0.4, 0.5) is 0 Å². The molecule has 0 spiro atoms. The van der Waals surface area contributed by atoms with Crippen molar-refractivity contribution in [1.82, 2.24) is 14.9 Å². The molecule has 20 heavy (non-hydrogen) atoms. The Kier molecular flexibility index (Phi) is 4.14. The molecule has 6 heteroatoms. The van der Waals surface area contributed by atoms with Gasteiger partial charge in [0.2, 0.25) is 0 Å². The highest BCUT2D eigenvalue weighted by atomic mass is 16.5. The van der Waals surface area contributed by atoms with E-state index in [1.54, 1.807) is 19.4 Å². The Hall–Kier alpha value is -2.63. The summed E-state index contributed by atoms with van der Waals surface area (Å²) in [7, 11) is 1.64. The maximum atomic E-state index is 12.1. The number of pyridine rings is 1. The topological polar surface area (TPSA) is 75.3 Å². The van der Waals surface area contributed by atoms with Crippen LogP contribution in [0.25, 0.3) is 17.1 Å². The third-order valence-corrected chi connectivity index (χ3v) is 2.96. The minimum atomic E-state index is -0.357. The Labute approximate surface area is 116 Å². The molecular weight excluding hydrogens is 258 g/mol. The third-order valence-electron chi connectivity index (χ3n) is 2.96. The van der Waals surface area contributed by atoms with Crippen LogP contribution in [0.5, 0.6) is 0 Å². The Morgan fingerprint density at radius 3 is 3.05 bits per heavy atom. The second-order valence-corrected chi connectivity index (χ2v) is 4.19. The van der Waals surface area contributed by atoms with E-state index in [2.05, 4.69) is 9.97 Å². The number of nitrogens with one attached hydrogen (secondary N) is 1. The molecule has 0 saturated heterocycles. The van der Waals surface area contributed by atoms with E-state index < -0.39 is 0 Å². The smallest absolute Gasteiger partial charge is 0.298 e. The molecule has 2 aromatic rings. The molecule has 104 valence electrons. The molecule has 0 radical (unpaired) electrons. The maximum Gasteiger partial charge on any atom is 0.298 e. The predicted octanol–water partition coefficient (Wildman–Crippen LogP) is 1.56. The van der Waals surface area contributed by atoms with E-state index in [0.717, 1.165) is 5.52 Å². The number of hydrogen-bond donors (Lipinski definition) is 1. The molecule has 0 aliphatic heterocycles. The summed E-state index contributed by atoms with van der Waals surface area (Å²) in [6.07, 6.45) is 4.88. The first-order valence-electron chi connectivity index (χ1n) is 6.17. The Morgan fingerprint density at radius 1 is 1.55 bits per heavy atom. The van der Waals surface area contributed by atoms with E-state index in [-0.39, 0.29) is 18.1 Å². The SMILES string of the molecule is CCN(C)C(=O)/C(=C/c1c[nH]c2cccnc12)OC=O. The minimum absolute atomic E-state index is 0.0316. The Bertz CT molecular complexity index is 660. The number of aromatic amines is 1. The van der Waals surface area contributed by atoms with Gasteiger partial charge in [-0.05, 0) is 25.1 Å². The molecule has 2 rings (SSSR count). The number of ether oxygens (including phenoxy) is 1. The van der Waals surface area contributed by atoms with Crippen molar-refractivity contribution in [2.24, 2.45) is 0 Å². The van der Waals surface area contributed by atoms with Crippen LogP contribution in [0.15, 0.2) is 30.3 Å². The monoisotopic (exact) mass is 273 g/mol. The first kappa shape index (κ1) is 13.8. The lowest BCUT2D eigenvalue weighted by molar-refractivity contribution is -0.135. The van der Waals surface area contributed by atoms with Crippen LogP contribution in [-0.2, 0) is 14.3 Å². The molecule has 2 heterocycles. The van der Waals surface area contributed by atoms with Gasteiger partial charge in [0.25, 0.3) is 12.4 Å². The van der Waals surface area contributed by atoms with Gasteiger partial charge in [0.15, 0.2) is 5.76 Å². The number of likely N-dealkylation sites (N-methyl/N-ethyl adjacent to an activating group) is 1. The lowest BCUT2D eigenvalue weighted by Crippen LogP contribution is -2.28. The van der Waals surface area contributed by atoms with Crippen molar-refractivity contribution < 1.29 is 14.3 Å². The van der Waals surface area contributed by atoms with Gasteiger partial charge in [-0.25, -0.2) is 0 Å². The predicted molar refractivity (Wildman–Crippen MR) is 74.5 cm³/mol. The zero-order valence-corrected chi connectivity index (χ0v) is 11.3. The number of rotatable bonds is 5. The van der Waals surface area contributed by atoms with E-state index in [4.69, 9.17) is 4.74 Å². The van der Waals surface area contributed by atoms with Gasteiger partial charge in [-0.2, -0.15) is 0 Å². The number of carbonyl (C=O) groups is 2. The fourth-order valence-corrected chi connectivity index (χ4v) is 1.76. The maximum absolute atomic E-state index is 12.1. The quantitative estimate of drug-likeness (QED) is 0.509. The van der Waals surface area contributed by atoms with Crippen molar-refractivity contribution in [3.8, 4) is 0 Å². The van der Waals surface area contributed by atoms with Crippen LogP contribution >= 0.6 is 0 Å². The normalized spacial score (nSPS) is 11.4. The highest BCUT2D eigenvalue weighted by molar-refractivity contribution is 5.99. The molecular formula is C14H15N3O3. The van der Waals surface area contributed by atoms with Gasteiger partial charge in [-0.3, -0.25) is 14.6 Å². The molecule has 2 aromatic heterocycles. The van der Waals surface area contributed by atoms with Crippen molar-refractivity contribution in [2.75, 3.05) is 13.6 Å². The zero-order valence-electron chi connectivity index (χ0n) is 11.3. The summed E-state index contributed by atoms with van der Waals surface area (Å²) in [5, 5.41) is 0. The van der Waals surface area contributed by atoms with Gasteiger partial charge in [0.1, 0.15) is 0 Å². The second kappa shape index (κ2) is 6.01. The van der Waals surface area contributed by atoms with Gasteiger partial charge in [-0.15, -0.1) is 0 Å². The van der Waals surface area contributed by atoms with Crippen molar-refractivity contribution in [3.05, 3.63) is 35.8 Å². The first-order chi connectivity index (χ1) is 9.67. The molecule has 0 bridgehead atoms. The standard InChI is InChI=1S/C14H15N3O3/c1-3-17(2)14(19)12(20-9-18)7-10-8-16-11-5-4-6-15-13(10)11/h4-9,16H,3H2,1-2H3/b12-7-. The van der Waals surface area contributed by atoms with E-state index >= 15 is 0 Å². The van der Waals surface area contributed by atoms with Crippen molar-refractivity contribution in [3.63, 3.8) is 0 Å². The fourth-order valence-electron chi connectivity index (χ4n) is 1.76. The van der Waals surface area contributed by atoms with Crippen molar-refractivity contribution in [2.45, 2.75) is 6.92 Å². The summed E-state index contributed by atoms with van der Waals surface area (Å²) in [5.41, 5.74) is 2.25. The molecule has 0 aliphatic carbocycles. The summed E-state index contributed by atoms with van der Waals surface area (Å²) in [6, 6.07) is 3.69. The summed E-state index contributed by atoms with van der Waals surface area (Å²) >= 11 is 0. The van der Waals surface area contributed by atoms with Crippen LogP contribution in [0.1, 0.15) is 12.5 Å². The Balaban J connectivity index is 2.42. The summed E-state index contributed by atoms with van der Waals surface area (Å²) in [6.45, 7) is 2.60. The van der Waals surface area contributed by atoms with Crippen LogP contribution in [0, 0.1) is 0 Å². The lowest BCUT2D eigenvalue weighted by atomic mass is 10.2. The summed E-state index contributed by atoms with van der Waals surface area (Å²) in [5.74, 6) is -0.388. The molecule has 0 unspecified atom stereocenters. The minimum Gasteiger partial charge on any atom is -0.423 e. The van der Waals surface area contributed by atoms with Crippen LogP contribution < -0.4 is 0 Å². The van der Waals surface area contributed by atoms with Crippen LogP contribution in [0.3, 0.4) is 0 Å². The van der Waals surface area contributed by atoms with Gasteiger partial charge in [-0.1, -0.05) is 0 Å². The zero-order chi connectivity index (χ0) is 14.5. The van der Waals surface area contributed by atoms with Crippen LogP contribution in [-0.4, -0.2) is 40.8 Å². The molecule has 0 aliphatic rings. The molecule has 0 saturated carbocycles. The highest BCUT2D eigenvalue weighted by Gasteiger charge is 2.16. The van der Waals surface area contributed by atoms with Gasteiger partial charge in [0.05, 0.1) is 11.0 Å². The van der Waals surface area contributed by atoms with Crippen molar-refractivity contribution >= 4 is 29.5 Å². The largest absolute Gasteiger partial charge is 0.423 e. The molecule has 0 fully saturated rings. The fraction of sp³-hybridized carbons (Fsp3) is 0.214. The molecule has 0 atom stereocenters. The van der Waals surface area contributed by atoms with E-state index in [1.165, 1.54) is 11.0 Å². The Morgan fingerprint density at radius 2 is 2.35 bits per heavy atom. The number of H-pyrrole nitrogens is 1. The van der Waals surface area contributed by atoms with E-state index in [0.29, 0.717) is 17.6 Å². The summed E-state index contributed by atoms with van der Waals surface area (Å²) < 4.78 is 4.80. The second-order valence-electron chi connectivity index (χ2n) is 4.19. The number of nitrogens with zero attached hydrogens (tertiary/aromatic N) is 2. The van der Waals surface area contributed by atoms with Gasteiger partial charge < -0.3 is 14.6 Å². The van der Waals surface area contributed by atoms with E-state index in [9.17, 15) is 9.59 Å². The highest BCUT2D eigenvalue weighted by Crippen LogP contribution is 2.18. The van der Waals surface area contributed by atoms with Crippen molar-refractivity contribution in [1.29, 1.82) is 0 Å². The first-order valence-corrected chi connectivity index (χ1v) is 6.17. The number of fused-ring (bicyclic) bond motifs is 1. The number of hydrogen-bond acceptors (Lipinski definition) is 4.